The summed E-state index contributed by atoms with van der Waals surface area (Å²) in [5, 5.41) is 106. The number of allylic oxidation sites excluding steroid dienone is 7. The molecular formula is C71H117NaO24S. The third kappa shape index (κ3) is 31.6. The Morgan fingerprint density at radius 3 is 2.00 bits per heavy atom. The number of carbonyl (C=O) groups is 2. The Balaban J connectivity index is 0.0000170. The molecule has 0 aliphatic carbocycles. The zero-order valence-corrected chi connectivity index (χ0v) is 60.7. The zero-order valence-electron chi connectivity index (χ0n) is 57.9. The van der Waals surface area contributed by atoms with Gasteiger partial charge in [-0.2, -0.15) is 0 Å². The summed E-state index contributed by atoms with van der Waals surface area (Å²) < 4.78 is 85.7. The minimum Gasteiger partial charge on any atom is -0.726 e. The first-order valence-electron chi connectivity index (χ1n) is 35.7. The van der Waals surface area contributed by atoms with E-state index in [1.165, 1.54) is 25.3 Å². The average Bonchev–Trinajstić information content (AvgIpc) is 1.69. The Labute approximate surface area is 597 Å². The van der Waals surface area contributed by atoms with Gasteiger partial charge in [0.15, 0.2) is 12.6 Å². The summed E-state index contributed by atoms with van der Waals surface area (Å²) in [7, 11) is -5.22. The van der Waals surface area contributed by atoms with E-state index < -0.39 is 140 Å². The fourth-order valence-corrected chi connectivity index (χ4v) is 14.0. The Kier molecular flexibility index (Phi) is 39.6. The van der Waals surface area contributed by atoms with Gasteiger partial charge < -0.3 is 93.5 Å². The molecule has 97 heavy (non-hydrogen) atoms. The number of unbranched alkanes of at least 4 members (excludes halogenated alkanes) is 6. The van der Waals surface area contributed by atoms with Crippen molar-refractivity contribution in [3.63, 3.8) is 0 Å². The quantitative estimate of drug-likeness (QED) is 0.0104. The first-order valence-corrected chi connectivity index (χ1v) is 37.0. The summed E-state index contributed by atoms with van der Waals surface area (Å²) in [5.41, 5.74) is 1.28. The third-order valence-corrected chi connectivity index (χ3v) is 19.7. The van der Waals surface area contributed by atoms with E-state index in [1.807, 2.05) is 6.08 Å². The molecule has 24 nitrogen and oxygen atoms in total. The van der Waals surface area contributed by atoms with E-state index in [0.717, 1.165) is 103 Å². The van der Waals surface area contributed by atoms with E-state index in [0.29, 0.717) is 61.9 Å². The summed E-state index contributed by atoms with van der Waals surface area (Å²) in [6, 6.07) is 0. The van der Waals surface area contributed by atoms with Gasteiger partial charge in [-0.15, -0.1) is 6.58 Å². The molecular weight excluding hydrogens is 1290 g/mol. The van der Waals surface area contributed by atoms with Crippen molar-refractivity contribution in [1.29, 1.82) is 0 Å². The van der Waals surface area contributed by atoms with Crippen molar-refractivity contribution >= 4 is 22.0 Å². The number of hydrogen-bond donors (Lipinski definition) is 10. The molecule has 10 N–H and O–H groups in total. The molecule has 9 unspecified atom stereocenters. The number of Topliss-reactive ketones (excluding diaryl/α,β-unsaturated/α-hetero) is 2. The van der Waals surface area contributed by atoms with Crippen LogP contribution in [0.4, 0.5) is 0 Å². The van der Waals surface area contributed by atoms with Gasteiger partial charge in [-0.25, -0.2) is 8.42 Å². The topological polar surface area (TPSA) is 383 Å². The second kappa shape index (κ2) is 44.8. The fraction of sp³-hybridized carbons (Fsp3) is 0.831. The molecule has 0 bridgehead atoms. The summed E-state index contributed by atoms with van der Waals surface area (Å²) in [6.45, 7) is 12.7. The standard InChI is InChI=1S/C71H118O24S.Na/c1-6-7-30-55-58(91-55)36-46(4)32-34-56-54(90-56)31-20-14-12-10-8-9-11-13-17-23-44(2)25-21-26-45(3)24-18-15-16-19-27-48(74)28-22-29-51(89-71-68(83)66(81)64(79)62(94-71)43-87-70-67(82)65(80)63(78)61(42-72)93-70)39-49(75)38-50(76)40-52-33-35-57(88-52)59-41-53(77)69(95-96(84,85)86)60(92-59)37-47(5)73;/h6,8,10,13,17,21,25,44-45,47,49,51-73,75,77-83H,1,4,7,9,11-12,14-16,18-20,22-24,26-43H2,2-3,5H3,(H,84,85,86);/q;+1/p-1/b10-8+,17-13+,25-21+;/t44?,45?,47?,49?,51?,52-,53-,54?,55?,56?,57-,58?,59-,60+,61+,62+,63+,64+,65-,66-,67+,68+,69-,70+,71+;/m0./s1. The van der Waals surface area contributed by atoms with Gasteiger partial charge in [-0.3, -0.25) is 13.8 Å². The second-order valence-electron chi connectivity index (χ2n) is 28.0. The van der Waals surface area contributed by atoms with Crippen molar-refractivity contribution < 1.29 is 145 Å². The maximum atomic E-state index is 13.5. The fourth-order valence-electron chi connectivity index (χ4n) is 13.5. The van der Waals surface area contributed by atoms with Crippen LogP contribution in [0.3, 0.4) is 0 Å². The molecule has 0 spiro atoms. The molecule has 6 fully saturated rings. The molecule has 6 aliphatic rings. The van der Waals surface area contributed by atoms with Gasteiger partial charge >= 0.3 is 29.6 Å². The predicted molar refractivity (Wildman–Crippen MR) is 353 cm³/mol. The molecule has 0 aromatic heterocycles. The molecule has 6 rings (SSSR count). The van der Waals surface area contributed by atoms with Gasteiger partial charge in [-0.1, -0.05) is 101 Å². The third-order valence-electron chi connectivity index (χ3n) is 19.3. The van der Waals surface area contributed by atoms with Crippen LogP contribution >= 0.6 is 0 Å². The molecule has 552 valence electrons. The Morgan fingerprint density at radius 1 is 0.619 bits per heavy atom. The van der Waals surface area contributed by atoms with E-state index in [4.69, 9.17) is 37.9 Å². The maximum absolute atomic E-state index is 13.5. The van der Waals surface area contributed by atoms with Crippen molar-refractivity contribution in [2.45, 2.75) is 348 Å². The maximum Gasteiger partial charge on any atom is 1.00 e. The number of ketones is 2. The van der Waals surface area contributed by atoms with Crippen molar-refractivity contribution in [2.24, 2.45) is 11.8 Å². The van der Waals surface area contributed by atoms with E-state index in [-0.39, 0.29) is 86.1 Å². The van der Waals surface area contributed by atoms with Crippen molar-refractivity contribution in [3.8, 4) is 0 Å². The van der Waals surface area contributed by atoms with Crippen molar-refractivity contribution in [2.75, 3.05) is 13.2 Å². The minimum atomic E-state index is -5.22. The van der Waals surface area contributed by atoms with Gasteiger partial charge in [0.25, 0.3) is 0 Å². The molecule has 6 saturated heterocycles. The van der Waals surface area contributed by atoms with Crippen LogP contribution in [0.2, 0.25) is 0 Å². The molecule has 0 aromatic rings. The molecule has 0 saturated carbocycles. The predicted octanol–water partition coefficient (Wildman–Crippen LogP) is 3.15. The zero-order chi connectivity index (χ0) is 69.9. The number of epoxide rings is 2. The van der Waals surface area contributed by atoms with Crippen LogP contribution < -0.4 is 29.6 Å². The molecule has 6 aliphatic heterocycles. The summed E-state index contributed by atoms with van der Waals surface area (Å²) in [5.74, 6) is 0.657. The minimum absolute atomic E-state index is 0. The van der Waals surface area contributed by atoms with Crippen LogP contribution in [0.5, 0.6) is 0 Å². The van der Waals surface area contributed by atoms with Crippen molar-refractivity contribution in [3.05, 3.63) is 61.3 Å². The summed E-state index contributed by atoms with van der Waals surface area (Å²) >= 11 is 0. The van der Waals surface area contributed by atoms with Crippen LogP contribution in [0.15, 0.2) is 61.3 Å². The van der Waals surface area contributed by atoms with Crippen LogP contribution in [0.25, 0.3) is 0 Å². The Bertz CT molecular complexity index is 2490. The number of hydrogen-bond acceptors (Lipinski definition) is 24. The van der Waals surface area contributed by atoms with Gasteiger partial charge in [0.1, 0.15) is 66.5 Å². The summed E-state index contributed by atoms with van der Waals surface area (Å²) in [4.78, 5) is 26.7. The number of aliphatic hydroxyl groups is 10. The average molecular weight is 1410 g/mol. The SMILES string of the molecule is C=CCCC1OC1CC(=C)CCC1OC1CCCC/C=C/CC/C=C/CC(C)/C=C/CC(C)CCCCCCC(=O)CCCC(CC(O)CC(=O)C[C@@H]1CC[C@@H]([C@@H]2C[C@H](O)[C@H](OS(=O)(=O)[O-])[C@@H](CC(C)O)O2)O1)O[C@@H]1O[C@H](CO[C@@H]2O[C@H](CO)[C@@H](O)[C@H](O)[C@H]2O)[C@@H](O)[C@H](O)[C@H]1O.[Na+]. The van der Waals surface area contributed by atoms with Gasteiger partial charge in [-0.05, 0) is 128 Å². The molecule has 0 aromatic carbocycles. The number of aliphatic hydroxyl groups excluding tert-OH is 10. The number of ether oxygens (including phenoxy) is 8. The van der Waals surface area contributed by atoms with E-state index in [2.05, 4.69) is 67.6 Å². The summed E-state index contributed by atoms with van der Waals surface area (Å²) in [6.07, 6.45) is 10.7. The first-order chi connectivity index (χ1) is 45.8. The molecule has 6 heterocycles. The van der Waals surface area contributed by atoms with Gasteiger partial charge in [0.2, 0.25) is 10.4 Å². The van der Waals surface area contributed by atoms with Crippen LogP contribution in [-0.4, -0.2) is 230 Å². The van der Waals surface area contributed by atoms with Crippen molar-refractivity contribution in [1.82, 2.24) is 0 Å². The van der Waals surface area contributed by atoms with Crippen LogP contribution in [-0.2, 0) is 62.1 Å². The van der Waals surface area contributed by atoms with E-state index in [1.54, 1.807) is 0 Å². The Morgan fingerprint density at radius 2 is 1.28 bits per heavy atom. The molecule has 26 heteroatoms. The normalized spacial score (nSPS) is 33.8. The van der Waals surface area contributed by atoms with Gasteiger partial charge in [0.05, 0.1) is 86.5 Å². The first kappa shape index (κ1) is 85.8. The number of rotatable bonds is 49. The van der Waals surface area contributed by atoms with E-state index >= 15 is 0 Å². The largest absolute Gasteiger partial charge is 1.00 e. The van der Waals surface area contributed by atoms with Gasteiger partial charge in [0, 0.05) is 44.9 Å². The van der Waals surface area contributed by atoms with Crippen LogP contribution in [0, 0.1) is 11.8 Å². The van der Waals surface area contributed by atoms with Crippen LogP contribution in [0.1, 0.15) is 207 Å². The second-order valence-corrected chi connectivity index (χ2v) is 29.0. The smallest absolute Gasteiger partial charge is 0.726 e. The monoisotopic (exact) mass is 1410 g/mol. The number of carbonyl (C=O) groups excluding carboxylic acids is 2. The molecule has 25 atom stereocenters. The Hall–Kier alpha value is -1.81. The molecule has 0 amide bonds. The van der Waals surface area contributed by atoms with E-state index in [9.17, 15) is 73.6 Å². The molecule has 0 radical (unpaired) electrons.